The van der Waals surface area contributed by atoms with Crippen molar-refractivity contribution in [2.75, 3.05) is 0 Å². The molecule has 78 valence electrons. The van der Waals surface area contributed by atoms with Crippen LogP contribution in [0.1, 0.15) is 5.56 Å². The van der Waals surface area contributed by atoms with E-state index >= 15 is 0 Å². The summed E-state index contributed by atoms with van der Waals surface area (Å²) < 4.78 is 0. The van der Waals surface area contributed by atoms with Gasteiger partial charge in [0.05, 0.1) is 15.4 Å². The predicted octanol–water partition coefficient (Wildman–Crippen LogP) is 2.50. The third-order valence-corrected chi connectivity index (χ3v) is 1.80. The van der Waals surface area contributed by atoms with E-state index in [1.807, 2.05) is 0 Å². The van der Waals surface area contributed by atoms with Crippen molar-refractivity contribution in [1.82, 2.24) is 0 Å². The summed E-state index contributed by atoms with van der Waals surface area (Å²) in [5.74, 6) is 0. The molecular weight excluding hydrogens is 224 g/mol. The molecule has 0 saturated heterocycles. The van der Waals surface area contributed by atoms with Crippen LogP contribution in [0.15, 0.2) is 24.4 Å². The summed E-state index contributed by atoms with van der Waals surface area (Å²) in [5, 5.41) is 20.9. The minimum Gasteiger partial charge on any atom is -0.259 e. The fourth-order valence-corrected chi connectivity index (χ4v) is 1.15. The van der Waals surface area contributed by atoms with Gasteiger partial charge in [-0.3, -0.25) is 20.2 Å². The van der Waals surface area contributed by atoms with E-state index in [1.54, 1.807) is 0 Å². The molecular formula is C8H5ClN2O4. The number of hydrogen-bond donors (Lipinski definition) is 0. The molecule has 7 heteroatoms. The first kappa shape index (κ1) is 11.1. The van der Waals surface area contributed by atoms with Crippen molar-refractivity contribution in [2.45, 2.75) is 0 Å². The standard InChI is InChI=1S/C8H5ClN2O4/c9-7-1-2-8(11(14)15)6(5-7)3-4-10(12)13/h1-5H/b4-3+. The lowest BCUT2D eigenvalue weighted by molar-refractivity contribution is -0.401. The van der Waals surface area contributed by atoms with E-state index in [-0.39, 0.29) is 16.3 Å². The highest BCUT2D eigenvalue weighted by Gasteiger charge is 2.12. The smallest absolute Gasteiger partial charge is 0.259 e. The lowest BCUT2D eigenvalue weighted by Gasteiger charge is -1.96. The molecule has 0 aliphatic heterocycles. The maximum absolute atomic E-state index is 10.5. The van der Waals surface area contributed by atoms with Gasteiger partial charge in [0.1, 0.15) is 0 Å². The molecule has 0 bridgehead atoms. The minimum absolute atomic E-state index is 0.101. The monoisotopic (exact) mass is 228 g/mol. The van der Waals surface area contributed by atoms with Crippen LogP contribution in [0, 0.1) is 20.2 Å². The van der Waals surface area contributed by atoms with Gasteiger partial charge in [0.15, 0.2) is 0 Å². The lowest BCUT2D eigenvalue weighted by Crippen LogP contribution is -1.92. The Bertz CT molecular complexity index is 444. The maximum Gasteiger partial charge on any atom is 0.276 e. The van der Waals surface area contributed by atoms with Crippen molar-refractivity contribution in [3.05, 3.63) is 55.2 Å². The Hall–Kier alpha value is -1.95. The first-order valence-corrected chi connectivity index (χ1v) is 4.14. The Labute approximate surface area is 89.1 Å². The van der Waals surface area contributed by atoms with E-state index in [0.717, 1.165) is 6.08 Å². The first-order chi connectivity index (χ1) is 7.00. The van der Waals surface area contributed by atoms with Gasteiger partial charge in [0.2, 0.25) is 6.20 Å². The van der Waals surface area contributed by atoms with Crippen molar-refractivity contribution < 1.29 is 9.85 Å². The first-order valence-electron chi connectivity index (χ1n) is 3.76. The Morgan fingerprint density at radius 1 is 1.27 bits per heavy atom. The average Bonchev–Trinajstić information content (AvgIpc) is 2.14. The fraction of sp³-hybridized carbons (Fsp3) is 0. The Kier molecular flexibility index (Phi) is 3.35. The van der Waals surface area contributed by atoms with Gasteiger partial charge in [0.25, 0.3) is 5.69 Å². The van der Waals surface area contributed by atoms with Crippen molar-refractivity contribution in [1.29, 1.82) is 0 Å². The largest absolute Gasteiger partial charge is 0.276 e. The molecule has 0 saturated carbocycles. The van der Waals surface area contributed by atoms with Crippen LogP contribution in [-0.4, -0.2) is 9.85 Å². The molecule has 1 rings (SSSR count). The lowest BCUT2D eigenvalue weighted by atomic mass is 10.2. The van der Waals surface area contributed by atoms with Crippen LogP contribution in [0.2, 0.25) is 5.02 Å². The average molecular weight is 229 g/mol. The SMILES string of the molecule is O=[N+]([O-])/C=C/c1cc(Cl)ccc1[N+](=O)[O-]. The summed E-state index contributed by atoms with van der Waals surface area (Å²) in [6.07, 6.45) is 1.66. The molecule has 0 aliphatic rings. The summed E-state index contributed by atoms with van der Waals surface area (Å²) in [4.78, 5) is 19.3. The molecule has 0 aliphatic carbocycles. The number of nitrogens with zero attached hydrogens (tertiary/aromatic N) is 2. The van der Waals surface area contributed by atoms with Crippen molar-refractivity contribution >= 4 is 23.4 Å². The van der Waals surface area contributed by atoms with E-state index in [9.17, 15) is 20.2 Å². The van der Waals surface area contributed by atoms with E-state index in [2.05, 4.69) is 0 Å². The molecule has 0 atom stereocenters. The van der Waals surface area contributed by atoms with Gasteiger partial charge in [-0.25, -0.2) is 0 Å². The van der Waals surface area contributed by atoms with Crippen LogP contribution in [0.3, 0.4) is 0 Å². The Balaban J connectivity index is 3.18. The van der Waals surface area contributed by atoms with Crippen molar-refractivity contribution in [3.8, 4) is 0 Å². The summed E-state index contributed by atoms with van der Waals surface area (Å²) in [5.41, 5.74) is -0.123. The van der Waals surface area contributed by atoms with Gasteiger partial charge >= 0.3 is 0 Å². The van der Waals surface area contributed by atoms with E-state index in [0.29, 0.717) is 6.20 Å². The van der Waals surface area contributed by atoms with Crippen LogP contribution in [-0.2, 0) is 0 Å². The van der Waals surface area contributed by atoms with Crippen molar-refractivity contribution in [2.24, 2.45) is 0 Å². The highest BCUT2D eigenvalue weighted by Crippen LogP contribution is 2.23. The summed E-state index contributed by atoms with van der Waals surface area (Å²) in [6.45, 7) is 0. The quantitative estimate of drug-likeness (QED) is 0.587. The molecule has 15 heavy (non-hydrogen) atoms. The van der Waals surface area contributed by atoms with Gasteiger partial charge in [-0.15, -0.1) is 0 Å². The number of rotatable bonds is 3. The van der Waals surface area contributed by atoms with Crippen LogP contribution < -0.4 is 0 Å². The molecule has 1 aromatic rings. The van der Waals surface area contributed by atoms with Gasteiger partial charge in [-0.1, -0.05) is 11.6 Å². The zero-order valence-corrected chi connectivity index (χ0v) is 8.05. The number of halogens is 1. The second-order valence-corrected chi connectivity index (χ2v) is 3.00. The predicted molar refractivity (Wildman–Crippen MR) is 54.1 cm³/mol. The van der Waals surface area contributed by atoms with Crippen LogP contribution >= 0.6 is 11.6 Å². The molecule has 0 radical (unpaired) electrons. The molecule has 0 fully saturated rings. The minimum atomic E-state index is -0.704. The third-order valence-electron chi connectivity index (χ3n) is 1.56. The molecule has 0 spiro atoms. The zero-order chi connectivity index (χ0) is 11.4. The fourth-order valence-electron chi connectivity index (χ4n) is 0.966. The second-order valence-electron chi connectivity index (χ2n) is 2.56. The number of nitro benzene ring substituents is 1. The van der Waals surface area contributed by atoms with Crippen LogP contribution in [0.4, 0.5) is 5.69 Å². The molecule has 0 amide bonds. The van der Waals surface area contributed by atoms with Gasteiger partial charge in [-0.2, -0.15) is 0 Å². The molecule has 0 heterocycles. The molecule has 1 aromatic carbocycles. The number of nitro groups is 2. The van der Waals surface area contributed by atoms with E-state index < -0.39 is 9.85 Å². The highest BCUT2D eigenvalue weighted by atomic mass is 35.5. The van der Waals surface area contributed by atoms with E-state index in [4.69, 9.17) is 11.6 Å². The Morgan fingerprint density at radius 3 is 2.47 bits per heavy atom. The number of hydrogen-bond acceptors (Lipinski definition) is 4. The molecule has 6 nitrogen and oxygen atoms in total. The summed E-state index contributed by atoms with van der Waals surface area (Å²) in [6, 6.07) is 3.84. The van der Waals surface area contributed by atoms with Crippen LogP contribution in [0.25, 0.3) is 6.08 Å². The van der Waals surface area contributed by atoms with Crippen molar-refractivity contribution in [3.63, 3.8) is 0 Å². The number of benzene rings is 1. The van der Waals surface area contributed by atoms with Gasteiger partial charge in [-0.05, 0) is 12.1 Å². The molecule has 0 N–H and O–H groups in total. The van der Waals surface area contributed by atoms with Gasteiger partial charge in [0, 0.05) is 17.2 Å². The summed E-state index contributed by atoms with van der Waals surface area (Å²) in [7, 11) is 0. The maximum atomic E-state index is 10.5. The van der Waals surface area contributed by atoms with Crippen LogP contribution in [0.5, 0.6) is 0 Å². The van der Waals surface area contributed by atoms with E-state index in [1.165, 1.54) is 18.2 Å². The topological polar surface area (TPSA) is 86.3 Å². The highest BCUT2D eigenvalue weighted by molar-refractivity contribution is 6.30. The normalized spacial score (nSPS) is 10.5. The molecule has 0 aromatic heterocycles. The Morgan fingerprint density at radius 2 is 1.93 bits per heavy atom. The third kappa shape index (κ3) is 3.03. The second kappa shape index (κ2) is 4.52. The summed E-state index contributed by atoms with van der Waals surface area (Å²) >= 11 is 5.61. The zero-order valence-electron chi connectivity index (χ0n) is 7.29. The molecule has 0 unspecified atom stereocenters. The van der Waals surface area contributed by atoms with Gasteiger partial charge < -0.3 is 0 Å².